The topological polar surface area (TPSA) is 71.5 Å². The Morgan fingerprint density at radius 2 is 2.09 bits per heavy atom. The van der Waals surface area contributed by atoms with E-state index in [-0.39, 0.29) is 24.8 Å². The normalized spacial score (nSPS) is 11.8. The Balaban J connectivity index is 1.78. The molecule has 23 heavy (non-hydrogen) atoms. The fourth-order valence-electron chi connectivity index (χ4n) is 1.73. The van der Waals surface area contributed by atoms with Crippen LogP contribution < -0.4 is 10.1 Å². The van der Waals surface area contributed by atoms with Crippen molar-refractivity contribution in [1.29, 1.82) is 0 Å². The predicted molar refractivity (Wildman–Crippen MR) is 79.2 cm³/mol. The summed E-state index contributed by atoms with van der Waals surface area (Å²) >= 11 is 0. The van der Waals surface area contributed by atoms with Crippen molar-refractivity contribution in [3.8, 4) is 5.75 Å². The quantitative estimate of drug-likeness (QED) is 0.851. The van der Waals surface area contributed by atoms with Crippen LogP contribution in [0, 0.1) is 18.6 Å². The maximum atomic E-state index is 13.0. The van der Waals surface area contributed by atoms with Gasteiger partial charge in [-0.05, 0) is 31.2 Å². The summed E-state index contributed by atoms with van der Waals surface area (Å²) in [5, 5.41) is 12.3. The van der Waals surface area contributed by atoms with Crippen molar-refractivity contribution < 1.29 is 23.4 Å². The Morgan fingerprint density at radius 3 is 2.74 bits per heavy atom. The highest BCUT2D eigenvalue weighted by molar-refractivity contribution is 5.93. The molecule has 0 fully saturated rings. The number of aliphatic hydroxyl groups is 1. The number of amides is 1. The first kappa shape index (κ1) is 16.8. The largest absolute Gasteiger partial charge is 0.491 e. The Labute approximate surface area is 131 Å². The van der Waals surface area contributed by atoms with E-state index in [1.54, 1.807) is 19.1 Å². The molecule has 0 aliphatic carbocycles. The van der Waals surface area contributed by atoms with Crippen molar-refractivity contribution in [2.45, 2.75) is 13.0 Å². The second-order valence-electron chi connectivity index (χ2n) is 4.94. The zero-order valence-electron chi connectivity index (χ0n) is 12.4. The van der Waals surface area contributed by atoms with Gasteiger partial charge in [0.2, 0.25) is 0 Å². The summed E-state index contributed by atoms with van der Waals surface area (Å²) in [4.78, 5) is 15.8. The minimum absolute atomic E-state index is 0.0453. The molecule has 1 aromatic carbocycles. The Hall–Kier alpha value is -2.54. The van der Waals surface area contributed by atoms with Crippen LogP contribution in [-0.2, 0) is 0 Å². The van der Waals surface area contributed by atoms with E-state index in [0.717, 1.165) is 17.8 Å². The third kappa shape index (κ3) is 5.00. The molecular weight excluding hydrogens is 306 g/mol. The maximum absolute atomic E-state index is 13.0. The predicted octanol–water partition coefficient (Wildman–Crippen LogP) is 1.84. The summed E-state index contributed by atoms with van der Waals surface area (Å²) < 4.78 is 30.9. The number of aromatic nitrogens is 1. The number of rotatable bonds is 6. The number of nitrogens with one attached hydrogen (secondary N) is 1. The highest BCUT2D eigenvalue weighted by Gasteiger charge is 2.11. The number of ether oxygens (including phenoxy) is 1. The summed E-state index contributed by atoms with van der Waals surface area (Å²) in [5.74, 6) is -2.28. The lowest BCUT2D eigenvalue weighted by Crippen LogP contribution is -2.35. The highest BCUT2D eigenvalue weighted by atomic mass is 19.2. The monoisotopic (exact) mass is 322 g/mol. The van der Waals surface area contributed by atoms with Gasteiger partial charge in [-0.3, -0.25) is 9.78 Å². The number of aliphatic hydroxyl groups excluding tert-OH is 1. The SMILES string of the molecule is Cc1ccc(C(=O)NC[C@@H](O)COc2ccc(F)c(F)c2)cn1. The number of hydrogen-bond donors (Lipinski definition) is 2. The van der Waals surface area contributed by atoms with Gasteiger partial charge in [-0.1, -0.05) is 0 Å². The summed E-state index contributed by atoms with van der Waals surface area (Å²) in [6.45, 7) is 1.59. The molecule has 2 rings (SSSR count). The van der Waals surface area contributed by atoms with Gasteiger partial charge in [-0.25, -0.2) is 8.78 Å². The molecule has 2 aromatic rings. The van der Waals surface area contributed by atoms with E-state index in [2.05, 4.69) is 10.3 Å². The standard InChI is InChI=1S/C16H16F2N2O3/c1-10-2-3-11(7-19-10)16(22)20-8-12(21)9-23-13-4-5-14(17)15(18)6-13/h2-7,12,21H,8-9H2,1H3,(H,20,22)/t12-/m1/s1. The molecule has 1 amide bonds. The second-order valence-corrected chi connectivity index (χ2v) is 4.94. The molecule has 0 aliphatic heterocycles. The number of hydrogen-bond acceptors (Lipinski definition) is 4. The first-order valence-corrected chi connectivity index (χ1v) is 6.92. The molecule has 0 spiro atoms. The van der Waals surface area contributed by atoms with Crippen molar-refractivity contribution >= 4 is 5.91 Å². The van der Waals surface area contributed by atoms with Crippen molar-refractivity contribution in [3.05, 3.63) is 59.4 Å². The number of aryl methyl sites for hydroxylation is 1. The fourth-order valence-corrected chi connectivity index (χ4v) is 1.73. The van der Waals surface area contributed by atoms with Crippen LogP contribution in [0.25, 0.3) is 0 Å². The number of halogens is 2. The molecule has 5 nitrogen and oxygen atoms in total. The van der Waals surface area contributed by atoms with Gasteiger partial charge in [0.05, 0.1) is 5.56 Å². The summed E-state index contributed by atoms with van der Waals surface area (Å²) in [7, 11) is 0. The number of carbonyl (C=O) groups excluding carboxylic acids is 1. The first-order valence-electron chi connectivity index (χ1n) is 6.92. The lowest BCUT2D eigenvalue weighted by Gasteiger charge is -2.13. The Kier molecular flexibility index (Phi) is 5.59. The van der Waals surface area contributed by atoms with E-state index in [4.69, 9.17) is 4.74 Å². The Morgan fingerprint density at radius 1 is 1.30 bits per heavy atom. The average molecular weight is 322 g/mol. The van der Waals surface area contributed by atoms with Gasteiger partial charge in [0.15, 0.2) is 11.6 Å². The number of carbonyl (C=O) groups is 1. The lowest BCUT2D eigenvalue weighted by atomic mass is 10.2. The average Bonchev–Trinajstić information content (AvgIpc) is 2.54. The molecule has 2 N–H and O–H groups in total. The molecule has 0 aliphatic rings. The zero-order valence-corrected chi connectivity index (χ0v) is 12.4. The minimum atomic E-state index is -1.03. The van der Waals surface area contributed by atoms with Crippen LogP contribution in [0.5, 0.6) is 5.75 Å². The minimum Gasteiger partial charge on any atom is -0.491 e. The summed E-state index contributed by atoms with van der Waals surface area (Å²) in [5.41, 5.74) is 1.17. The van der Waals surface area contributed by atoms with Gasteiger partial charge in [0.25, 0.3) is 5.91 Å². The van der Waals surface area contributed by atoms with Gasteiger partial charge in [-0.2, -0.15) is 0 Å². The van der Waals surface area contributed by atoms with E-state index in [9.17, 15) is 18.7 Å². The summed E-state index contributed by atoms with van der Waals surface area (Å²) in [6, 6.07) is 6.41. The van der Waals surface area contributed by atoms with Crippen molar-refractivity contribution in [1.82, 2.24) is 10.3 Å². The van der Waals surface area contributed by atoms with E-state index < -0.39 is 17.7 Å². The van der Waals surface area contributed by atoms with Crippen LogP contribution in [0.15, 0.2) is 36.5 Å². The zero-order chi connectivity index (χ0) is 16.8. The van der Waals surface area contributed by atoms with Crippen LogP contribution in [-0.4, -0.2) is 35.3 Å². The third-order valence-electron chi connectivity index (χ3n) is 3.01. The van der Waals surface area contributed by atoms with Gasteiger partial charge < -0.3 is 15.2 Å². The van der Waals surface area contributed by atoms with E-state index in [1.807, 2.05) is 0 Å². The van der Waals surface area contributed by atoms with E-state index >= 15 is 0 Å². The molecule has 0 unspecified atom stereocenters. The Bertz CT molecular complexity index is 678. The van der Waals surface area contributed by atoms with Gasteiger partial charge in [0.1, 0.15) is 18.5 Å². The molecule has 1 atom stereocenters. The maximum Gasteiger partial charge on any atom is 0.252 e. The first-order chi connectivity index (χ1) is 11.0. The van der Waals surface area contributed by atoms with Crippen LogP contribution in [0.3, 0.4) is 0 Å². The van der Waals surface area contributed by atoms with Crippen molar-refractivity contribution in [3.63, 3.8) is 0 Å². The number of pyridine rings is 1. The van der Waals surface area contributed by atoms with Crippen LogP contribution in [0.2, 0.25) is 0 Å². The van der Waals surface area contributed by atoms with Gasteiger partial charge in [0, 0.05) is 24.5 Å². The molecule has 1 heterocycles. The van der Waals surface area contributed by atoms with Gasteiger partial charge in [-0.15, -0.1) is 0 Å². The van der Waals surface area contributed by atoms with Crippen LogP contribution in [0.4, 0.5) is 8.78 Å². The molecule has 1 aromatic heterocycles. The second kappa shape index (κ2) is 7.64. The molecule has 122 valence electrons. The number of benzene rings is 1. The van der Waals surface area contributed by atoms with E-state index in [0.29, 0.717) is 5.56 Å². The molecule has 7 heteroatoms. The van der Waals surface area contributed by atoms with Crippen molar-refractivity contribution in [2.24, 2.45) is 0 Å². The molecule has 0 bridgehead atoms. The number of nitrogens with zero attached hydrogens (tertiary/aromatic N) is 1. The molecule has 0 saturated heterocycles. The molecular formula is C16H16F2N2O3. The lowest BCUT2D eigenvalue weighted by molar-refractivity contribution is 0.0843. The van der Waals surface area contributed by atoms with Crippen LogP contribution in [0.1, 0.15) is 16.1 Å². The van der Waals surface area contributed by atoms with Crippen molar-refractivity contribution in [2.75, 3.05) is 13.2 Å². The highest BCUT2D eigenvalue weighted by Crippen LogP contribution is 2.15. The third-order valence-corrected chi connectivity index (χ3v) is 3.01. The smallest absolute Gasteiger partial charge is 0.252 e. The fraction of sp³-hybridized carbons (Fsp3) is 0.250. The van der Waals surface area contributed by atoms with Gasteiger partial charge >= 0.3 is 0 Å². The molecule has 0 radical (unpaired) electrons. The van der Waals surface area contributed by atoms with E-state index in [1.165, 1.54) is 12.3 Å². The van der Waals surface area contributed by atoms with Crippen LogP contribution >= 0.6 is 0 Å². The summed E-state index contributed by atoms with van der Waals surface area (Å²) in [6.07, 6.45) is 0.444. The molecule has 0 saturated carbocycles.